The largest absolute Gasteiger partial charge is 0.334 e. The lowest BCUT2D eigenvalue weighted by Gasteiger charge is -2.11. The van der Waals surface area contributed by atoms with Crippen molar-refractivity contribution in [2.24, 2.45) is 0 Å². The van der Waals surface area contributed by atoms with E-state index < -0.39 is 0 Å². The van der Waals surface area contributed by atoms with E-state index in [2.05, 4.69) is 14.9 Å². The van der Waals surface area contributed by atoms with Crippen molar-refractivity contribution in [1.82, 2.24) is 9.55 Å². The van der Waals surface area contributed by atoms with Crippen LogP contribution in [0.15, 0.2) is 30.5 Å². The average Bonchev–Trinajstić information content (AvgIpc) is 2.85. The number of nitrogens with one attached hydrogen (secondary N) is 1. The van der Waals surface area contributed by atoms with Crippen LogP contribution in [0.3, 0.4) is 0 Å². The quantitative estimate of drug-likeness (QED) is 0.897. The first-order valence-corrected chi connectivity index (χ1v) is 6.67. The van der Waals surface area contributed by atoms with Gasteiger partial charge in [-0.2, -0.15) is 0 Å². The maximum absolute atomic E-state index is 12.2. The molecule has 4 nitrogen and oxygen atoms in total. The van der Waals surface area contributed by atoms with E-state index in [1.807, 2.05) is 37.4 Å². The van der Waals surface area contributed by atoms with Crippen LogP contribution in [0.4, 0.5) is 5.69 Å². The van der Waals surface area contributed by atoms with Gasteiger partial charge in [0, 0.05) is 24.8 Å². The zero-order valence-corrected chi connectivity index (χ0v) is 11.0. The number of hydrogen-bond acceptors (Lipinski definition) is 2. The molecule has 1 N–H and O–H groups in total. The van der Waals surface area contributed by atoms with Crippen molar-refractivity contribution in [2.75, 3.05) is 5.32 Å². The molecule has 19 heavy (non-hydrogen) atoms. The maximum atomic E-state index is 12.2. The molecule has 0 bridgehead atoms. The number of carbonyl (C=O) groups excluding carboxylic acids is 1. The number of carbonyl (C=O) groups is 1. The Balaban J connectivity index is 1.81. The van der Waals surface area contributed by atoms with E-state index in [1.165, 1.54) is 6.42 Å². The molecule has 98 valence electrons. The summed E-state index contributed by atoms with van der Waals surface area (Å²) < 4.78 is 2.09. The molecular formula is C15H17N3O. The number of nitrogens with zero attached hydrogens (tertiary/aromatic N) is 2. The highest BCUT2D eigenvalue weighted by atomic mass is 16.1. The molecule has 0 atom stereocenters. The fraction of sp³-hybridized carbons (Fsp3) is 0.333. The summed E-state index contributed by atoms with van der Waals surface area (Å²) in [6, 6.07) is 7.76. The van der Waals surface area contributed by atoms with Gasteiger partial charge in [0.25, 0.3) is 5.91 Å². The van der Waals surface area contributed by atoms with Gasteiger partial charge in [-0.3, -0.25) is 4.79 Å². The summed E-state index contributed by atoms with van der Waals surface area (Å²) in [6.45, 7) is 2.95. The highest BCUT2D eigenvalue weighted by Gasteiger charge is 2.17. The summed E-state index contributed by atoms with van der Waals surface area (Å²) in [5.74, 6) is 0.900. The third-order valence-corrected chi connectivity index (χ3v) is 3.53. The zero-order valence-electron chi connectivity index (χ0n) is 11.0. The smallest absolute Gasteiger partial charge is 0.275 e. The first kappa shape index (κ1) is 12.0. The number of aromatic nitrogens is 2. The number of rotatable bonds is 2. The molecule has 1 aromatic carbocycles. The highest BCUT2D eigenvalue weighted by molar-refractivity contribution is 6.03. The molecule has 2 heterocycles. The first-order valence-electron chi connectivity index (χ1n) is 6.67. The lowest BCUT2D eigenvalue weighted by Crippen LogP contribution is -2.13. The molecule has 0 unspecified atom stereocenters. The van der Waals surface area contributed by atoms with Gasteiger partial charge in [0.2, 0.25) is 0 Å². The molecule has 1 amide bonds. The van der Waals surface area contributed by atoms with Gasteiger partial charge in [0.05, 0.1) is 0 Å². The Kier molecular flexibility index (Phi) is 3.07. The van der Waals surface area contributed by atoms with E-state index in [0.717, 1.165) is 36.5 Å². The zero-order chi connectivity index (χ0) is 13.2. The predicted octanol–water partition coefficient (Wildman–Crippen LogP) is 2.78. The molecule has 0 spiro atoms. The molecule has 0 saturated heterocycles. The van der Waals surface area contributed by atoms with Crippen LogP contribution in [0.2, 0.25) is 0 Å². The molecule has 0 aliphatic carbocycles. The summed E-state index contributed by atoms with van der Waals surface area (Å²) in [5.41, 5.74) is 2.42. The number of benzene rings is 1. The summed E-state index contributed by atoms with van der Waals surface area (Å²) in [6.07, 6.45) is 5.16. The second-order valence-electron chi connectivity index (χ2n) is 4.96. The van der Waals surface area contributed by atoms with Crippen molar-refractivity contribution in [3.63, 3.8) is 0 Å². The topological polar surface area (TPSA) is 46.9 Å². The van der Waals surface area contributed by atoms with Gasteiger partial charge in [0.1, 0.15) is 11.5 Å². The molecule has 1 aliphatic heterocycles. The molecule has 4 heteroatoms. The van der Waals surface area contributed by atoms with Gasteiger partial charge in [0.15, 0.2) is 0 Å². The van der Waals surface area contributed by atoms with Crippen LogP contribution in [0, 0.1) is 6.92 Å². The van der Waals surface area contributed by atoms with Crippen molar-refractivity contribution in [3.8, 4) is 0 Å². The maximum Gasteiger partial charge on any atom is 0.275 e. The lowest BCUT2D eigenvalue weighted by molar-refractivity contribution is 0.102. The van der Waals surface area contributed by atoms with Crippen LogP contribution in [-0.2, 0) is 13.0 Å². The Morgan fingerprint density at radius 2 is 2.16 bits per heavy atom. The molecule has 2 aromatic rings. The van der Waals surface area contributed by atoms with Crippen LogP contribution in [0.5, 0.6) is 0 Å². The van der Waals surface area contributed by atoms with Crippen LogP contribution >= 0.6 is 0 Å². The molecule has 0 fully saturated rings. The molecule has 1 aromatic heterocycles. The normalized spacial score (nSPS) is 13.9. The van der Waals surface area contributed by atoms with Crippen molar-refractivity contribution >= 4 is 11.6 Å². The third-order valence-electron chi connectivity index (χ3n) is 3.53. The van der Waals surface area contributed by atoms with E-state index in [9.17, 15) is 4.79 Å². The van der Waals surface area contributed by atoms with Crippen LogP contribution in [0.25, 0.3) is 0 Å². The monoisotopic (exact) mass is 255 g/mol. The van der Waals surface area contributed by atoms with Gasteiger partial charge < -0.3 is 9.88 Å². The SMILES string of the molecule is Cc1ccccc1NC(=O)c1cn2c(n1)CCCC2. The van der Waals surface area contributed by atoms with Gasteiger partial charge >= 0.3 is 0 Å². The van der Waals surface area contributed by atoms with E-state index >= 15 is 0 Å². The molecule has 3 rings (SSSR count). The van der Waals surface area contributed by atoms with Gasteiger partial charge in [-0.1, -0.05) is 18.2 Å². The Labute approximate surface area is 112 Å². The number of aryl methyl sites for hydroxylation is 3. The third kappa shape index (κ3) is 2.38. The Morgan fingerprint density at radius 1 is 1.32 bits per heavy atom. The minimum Gasteiger partial charge on any atom is -0.334 e. The van der Waals surface area contributed by atoms with Crippen LogP contribution < -0.4 is 5.32 Å². The van der Waals surface area contributed by atoms with Gasteiger partial charge in [-0.25, -0.2) is 4.98 Å². The summed E-state index contributed by atoms with van der Waals surface area (Å²) in [7, 11) is 0. The minimum absolute atomic E-state index is 0.129. The summed E-state index contributed by atoms with van der Waals surface area (Å²) in [5, 5.41) is 2.92. The van der Waals surface area contributed by atoms with E-state index in [-0.39, 0.29) is 5.91 Å². The van der Waals surface area contributed by atoms with Crippen molar-refractivity contribution in [2.45, 2.75) is 32.7 Å². The second-order valence-corrected chi connectivity index (χ2v) is 4.96. The standard InChI is InChI=1S/C15H17N3O/c1-11-6-2-3-7-12(11)17-15(19)13-10-18-9-5-4-8-14(18)16-13/h2-3,6-7,10H,4-5,8-9H2,1H3,(H,17,19). The average molecular weight is 255 g/mol. The van der Waals surface area contributed by atoms with Crippen molar-refractivity contribution < 1.29 is 4.79 Å². The Morgan fingerprint density at radius 3 is 2.95 bits per heavy atom. The summed E-state index contributed by atoms with van der Waals surface area (Å²) >= 11 is 0. The molecular weight excluding hydrogens is 238 g/mol. The van der Waals surface area contributed by atoms with Crippen LogP contribution in [0.1, 0.15) is 34.7 Å². The number of imidazole rings is 1. The van der Waals surface area contributed by atoms with Gasteiger partial charge in [-0.15, -0.1) is 0 Å². The predicted molar refractivity (Wildman–Crippen MR) is 74.3 cm³/mol. The van der Waals surface area contributed by atoms with Crippen LogP contribution in [-0.4, -0.2) is 15.5 Å². The summed E-state index contributed by atoms with van der Waals surface area (Å²) in [4.78, 5) is 16.6. The van der Waals surface area contributed by atoms with E-state index in [0.29, 0.717) is 5.69 Å². The lowest BCUT2D eigenvalue weighted by atomic mass is 10.2. The van der Waals surface area contributed by atoms with Crippen molar-refractivity contribution in [3.05, 3.63) is 47.5 Å². The number of amides is 1. The Bertz CT molecular complexity index is 592. The first-order chi connectivity index (χ1) is 9.24. The van der Waals surface area contributed by atoms with Gasteiger partial charge in [-0.05, 0) is 31.4 Å². The molecule has 1 aliphatic rings. The molecule has 0 saturated carbocycles. The van der Waals surface area contributed by atoms with Crippen molar-refractivity contribution in [1.29, 1.82) is 0 Å². The van der Waals surface area contributed by atoms with E-state index in [4.69, 9.17) is 0 Å². The minimum atomic E-state index is -0.129. The fourth-order valence-corrected chi connectivity index (χ4v) is 2.42. The number of hydrogen-bond donors (Lipinski definition) is 1. The Hall–Kier alpha value is -2.10. The number of anilines is 1. The highest BCUT2D eigenvalue weighted by Crippen LogP contribution is 2.17. The number of para-hydroxylation sites is 1. The van der Waals surface area contributed by atoms with E-state index in [1.54, 1.807) is 0 Å². The fourth-order valence-electron chi connectivity index (χ4n) is 2.42. The molecule has 0 radical (unpaired) electrons. The number of fused-ring (bicyclic) bond motifs is 1. The second kappa shape index (κ2) is 4.88.